The van der Waals surface area contributed by atoms with Gasteiger partial charge in [0, 0.05) is 44.9 Å². The zero-order valence-corrected chi connectivity index (χ0v) is 18.3. The summed E-state index contributed by atoms with van der Waals surface area (Å²) in [4.78, 5) is 20.4. The molecule has 2 aliphatic heterocycles. The highest BCUT2D eigenvalue weighted by Crippen LogP contribution is 2.47. The first-order chi connectivity index (χ1) is 14.9. The van der Waals surface area contributed by atoms with Gasteiger partial charge in [-0.1, -0.05) is 6.07 Å². The summed E-state index contributed by atoms with van der Waals surface area (Å²) in [5.41, 5.74) is 2.85. The lowest BCUT2D eigenvalue weighted by atomic mass is 9.90. The number of rotatable bonds is 3. The Morgan fingerprint density at radius 2 is 1.90 bits per heavy atom. The topological polar surface area (TPSA) is 48.4 Å². The van der Waals surface area contributed by atoms with Crippen molar-refractivity contribution in [2.24, 2.45) is 0 Å². The number of likely N-dealkylation sites (N-methyl/N-ethyl adjacent to an activating group) is 1. The Morgan fingerprint density at radius 1 is 1.10 bits per heavy atom. The van der Waals surface area contributed by atoms with Crippen LogP contribution in [0.5, 0.6) is 0 Å². The third kappa shape index (κ3) is 4.15. The van der Waals surface area contributed by atoms with Gasteiger partial charge < -0.3 is 9.80 Å². The van der Waals surface area contributed by atoms with Crippen molar-refractivity contribution in [1.82, 2.24) is 24.8 Å². The van der Waals surface area contributed by atoms with E-state index in [-0.39, 0.29) is 19.0 Å². The minimum atomic E-state index is -2.73. The van der Waals surface area contributed by atoms with Crippen molar-refractivity contribution >= 4 is 5.82 Å². The second-order valence-electron chi connectivity index (χ2n) is 9.19. The number of fused-ring (bicyclic) bond motifs is 1. The highest BCUT2D eigenvalue weighted by Gasteiger charge is 2.49. The van der Waals surface area contributed by atoms with Crippen molar-refractivity contribution in [2.45, 2.75) is 50.6 Å². The van der Waals surface area contributed by atoms with Crippen molar-refractivity contribution in [3.63, 3.8) is 0 Å². The minimum Gasteiger partial charge on any atom is -0.354 e. The van der Waals surface area contributed by atoms with Crippen LogP contribution in [0, 0.1) is 6.92 Å². The Morgan fingerprint density at radius 3 is 2.71 bits per heavy atom. The number of nitrogens with zero attached hydrogens (tertiary/aromatic N) is 6. The van der Waals surface area contributed by atoms with Crippen LogP contribution in [0.4, 0.5) is 14.6 Å². The Labute approximate surface area is 182 Å². The number of anilines is 1. The maximum Gasteiger partial charge on any atom is 0.262 e. The number of likely N-dealkylation sites (tertiary alicyclic amines) is 1. The SMILES string of the molecule is Cc1nc([C@H]2CC(F)(F)CN2[C@H]2CCCc3cccnc32)cc(N2CCN(C)CC2)n1. The fourth-order valence-corrected chi connectivity index (χ4v) is 5.29. The molecular formula is C23H30F2N6. The van der Waals surface area contributed by atoms with Crippen molar-refractivity contribution in [1.29, 1.82) is 0 Å². The molecule has 0 unspecified atom stereocenters. The highest BCUT2D eigenvalue weighted by molar-refractivity contribution is 5.42. The van der Waals surface area contributed by atoms with Crippen LogP contribution in [0.3, 0.4) is 0 Å². The number of alkyl halides is 2. The fourth-order valence-electron chi connectivity index (χ4n) is 5.29. The Kier molecular flexibility index (Phi) is 5.38. The van der Waals surface area contributed by atoms with Gasteiger partial charge in [0.25, 0.3) is 5.92 Å². The number of halogens is 2. The summed E-state index contributed by atoms with van der Waals surface area (Å²) in [6.07, 6.45) is 4.39. The normalized spacial score (nSPS) is 26.8. The molecule has 0 spiro atoms. The molecule has 8 heteroatoms. The second-order valence-corrected chi connectivity index (χ2v) is 9.19. The van der Waals surface area contributed by atoms with Gasteiger partial charge in [-0.3, -0.25) is 9.88 Å². The van der Waals surface area contributed by atoms with Crippen molar-refractivity contribution in [3.05, 3.63) is 47.2 Å². The smallest absolute Gasteiger partial charge is 0.262 e. The molecule has 4 heterocycles. The van der Waals surface area contributed by atoms with Crippen LogP contribution in [0.15, 0.2) is 24.4 Å². The molecule has 2 atom stereocenters. The van der Waals surface area contributed by atoms with Gasteiger partial charge in [-0.15, -0.1) is 0 Å². The van der Waals surface area contributed by atoms with Gasteiger partial charge in [0.1, 0.15) is 11.6 Å². The number of piperazine rings is 1. The van der Waals surface area contributed by atoms with E-state index in [4.69, 9.17) is 0 Å². The molecule has 2 fully saturated rings. The molecule has 5 rings (SSSR count). The monoisotopic (exact) mass is 428 g/mol. The van der Waals surface area contributed by atoms with E-state index in [1.165, 1.54) is 5.56 Å². The number of aryl methyl sites for hydroxylation is 2. The first kappa shape index (κ1) is 20.7. The van der Waals surface area contributed by atoms with E-state index in [9.17, 15) is 8.78 Å². The van der Waals surface area contributed by atoms with Gasteiger partial charge in [-0.2, -0.15) is 0 Å². The average Bonchev–Trinajstić information content (AvgIpc) is 3.09. The highest BCUT2D eigenvalue weighted by atomic mass is 19.3. The summed E-state index contributed by atoms with van der Waals surface area (Å²) in [6.45, 7) is 5.32. The Balaban J connectivity index is 1.49. The minimum absolute atomic E-state index is 0.0920. The number of hydrogen-bond acceptors (Lipinski definition) is 6. The third-order valence-corrected chi connectivity index (χ3v) is 6.88. The maximum absolute atomic E-state index is 14.7. The lowest BCUT2D eigenvalue weighted by Gasteiger charge is -2.36. The van der Waals surface area contributed by atoms with Gasteiger partial charge in [0.05, 0.1) is 30.0 Å². The summed E-state index contributed by atoms with van der Waals surface area (Å²) in [5.74, 6) is -1.24. The molecule has 2 saturated heterocycles. The molecule has 6 nitrogen and oxygen atoms in total. The van der Waals surface area contributed by atoms with Crippen molar-refractivity contribution in [2.75, 3.05) is 44.7 Å². The maximum atomic E-state index is 14.7. The zero-order chi connectivity index (χ0) is 21.6. The van der Waals surface area contributed by atoms with Crippen LogP contribution >= 0.6 is 0 Å². The standard InChI is InChI=1S/C23H30F2N6/c1-16-27-18(13-21(28-16)30-11-9-29(2)10-12-30)20-14-23(24,25)15-31(20)19-7-3-5-17-6-4-8-26-22(17)19/h4,6,8,13,19-20H,3,5,7,9-12,14-15H2,1-2H3/t19-,20+/m0/s1. The zero-order valence-electron chi connectivity index (χ0n) is 18.3. The van der Waals surface area contributed by atoms with Crippen LogP contribution in [0.2, 0.25) is 0 Å². The molecule has 3 aliphatic rings. The van der Waals surface area contributed by atoms with Gasteiger partial charge in [-0.05, 0) is 44.9 Å². The third-order valence-electron chi connectivity index (χ3n) is 6.88. The van der Waals surface area contributed by atoms with Crippen LogP contribution in [-0.4, -0.2) is 70.4 Å². The Hall–Kier alpha value is -2.19. The molecule has 1 aliphatic carbocycles. The van der Waals surface area contributed by atoms with Crippen LogP contribution in [-0.2, 0) is 6.42 Å². The van der Waals surface area contributed by atoms with Crippen LogP contribution < -0.4 is 4.90 Å². The molecule has 0 saturated carbocycles. The summed E-state index contributed by atoms with van der Waals surface area (Å²) < 4.78 is 29.5. The second kappa shape index (κ2) is 8.06. The van der Waals surface area contributed by atoms with Gasteiger partial charge in [0.15, 0.2) is 0 Å². The molecule has 0 bridgehead atoms. The summed E-state index contributed by atoms with van der Waals surface area (Å²) >= 11 is 0. The summed E-state index contributed by atoms with van der Waals surface area (Å²) in [5, 5.41) is 0. The molecule has 31 heavy (non-hydrogen) atoms. The van der Waals surface area contributed by atoms with Crippen LogP contribution in [0.1, 0.15) is 54.1 Å². The van der Waals surface area contributed by atoms with Gasteiger partial charge in [-0.25, -0.2) is 18.7 Å². The van der Waals surface area contributed by atoms with E-state index >= 15 is 0 Å². The average molecular weight is 429 g/mol. The van der Waals surface area contributed by atoms with E-state index < -0.39 is 12.0 Å². The molecule has 166 valence electrons. The lowest BCUT2D eigenvalue weighted by molar-refractivity contribution is 0.00626. The summed E-state index contributed by atoms with van der Waals surface area (Å²) in [7, 11) is 2.11. The van der Waals surface area contributed by atoms with Gasteiger partial charge >= 0.3 is 0 Å². The van der Waals surface area contributed by atoms with E-state index in [0.717, 1.165) is 57.0 Å². The molecule has 0 N–H and O–H groups in total. The predicted octanol–water partition coefficient (Wildman–Crippen LogP) is 3.39. The molecule has 0 radical (unpaired) electrons. The molecule has 2 aromatic rings. The molecule has 0 amide bonds. The number of hydrogen-bond donors (Lipinski definition) is 0. The summed E-state index contributed by atoms with van der Waals surface area (Å²) in [6, 6.07) is 5.44. The molecular weight excluding hydrogens is 398 g/mol. The van der Waals surface area contributed by atoms with E-state index in [2.05, 4.69) is 37.9 Å². The van der Waals surface area contributed by atoms with E-state index in [1.54, 1.807) is 6.20 Å². The predicted molar refractivity (Wildman–Crippen MR) is 115 cm³/mol. The lowest BCUT2D eigenvalue weighted by Crippen LogP contribution is -2.45. The number of pyridine rings is 1. The molecule has 0 aromatic carbocycles. The quantitative estimate of drug-likeness (QED) is 0.747. The molecule has 2 aromatic heterocycles. The largest absolute Gasteiger partial charge is 0.354 e. The van der Waals surface area contributed by atoms with E-state index in [1.807, 2.05) is 24.0 Å². The first-order valence-electron chi connectivity index (χ1n) is 11.3. The van der Waals surface area contributed by atoms with Crippen LogP contribution in [0.25, 0.3) is 0 Å². The van der Waals surface area contributed by atoms with Gasteiger partial charge in [0.2, 0.25) is 0 Å². The number of aromatic nitrogens is 3. The Bertz CT molecular complexity index is 943. The fraction of sp³-hybridized carbons (Fsp3) is 0.609. The van der Waals surface area contributed by atoms with Crippen molar-refractivity contribution < 1.29 is 8.78 Å². The van der Waals surface area contributed by atoms with Crippen molar-refractivity contribution in [3.8, 4) is 0 Å². The van der Waals surface area contributed by atoms with E-state index in [0.29, 0.717) is 11.5 Å². The first-order valence-corrected chi connectivity index (χ1v) is 11.3.